The Hall–Kier alpha value is -2.14. The van der Waals surface area contributed by atoms with Gasteiger partial charge in [0.1, 0.15) is 6.10 Å². The fraction of sp³-hybridized carbons (Fsp3) is 0.655. The molecule has 0 radical (unpaired) electrons. The molecule has 1 aromatic rings. The van der Waals surface area contributed by atoms with E-state index in [2.05, 4.69) is 25.6 Å². The van der Waals surface area contributed by atoms with Gasteiger partial charge >= 0.3 is 11.9 Å². The molecule has 1 saturated carbocycles. The number of hydrogen-bond donors (Lipinski definition) is 1. The summed E-state index contributed by atoms with van der Waals surface area (Å²) in [4.78, 5) is 24.0. The third-order valence-corrected chi connectivity index (χ3v) is 6.86. The summed E-state index contributed by atoms with van der Waals surface area (Å²) >= 11 is 0. The molecule has 0 saturated heterocycles. The minimum Gasteiger partial charge on any atom is -0.462 e. The molecule has 0 amide bonds. The Morgan fingerprint density at radius 3 is 2.38 bits per heavy atom. The zero-order valence-corrected chi connectivity index (χ0v) is 21.2. The Morgan fingerprint density at radius 2 is 1.76 bits per heavy atom. The summed E-state index contributed by atoms with van der Waals surface area (Å²) in [6, 6.07) is 7.90. The number of hydrogen-bond acceptors (Lipinski definition) is 5. The van der Waals surface area contributed by atoms with E-state index in [0.29, 0.717) is 17.1 Å². The van der Waals surface area contributed by atoms with E-state index in [9.17, 15) is 14.7 Å². The van der Waals surface area contributed by atoms with E-state index in [4.69, 9.17) is 9.47 Å². The normalized spacial score (nSPS) is 18.8. The zero-order valence-electron chi connectivity index (χ0n) is 21.2. The van der Waals surface area contributed by atoms with Gasteiger partial charge in [-0.3, -0.25) is 0 Å². The molecule has 1 fully saturated rings. The minimum atomic E-state index is -0.393. The van der Waals surface area contributed by atoms with Gasteiger partial charge in [0.2, 0.25) is 0 Å². The monoisotopic (exact) mass is 472 g/mol. The maximum Gasteiger partial charge on any atom is 0.338 e. The van der Waals surface area contributed by atoms with Crippen LogP contribution >= 0.6 is 0 Å². The second kappa shape index (κ2) is 15.7. The van der Waals surface area contributed by atoms with Gasteiger partial charge in [0.25, 0.3) is 0 Å². The van der Waals surface area contributed by atoms with E-state index in [1.165, 1.54) is 24.8 Å². The van der Waals surface area contributed by atoms with Crippen LogP contribution in [0.5, 0.6) is 0 Å². The van der Waals surface area contributed by atoms with Crippen molar-refractivity contribution < 1.29 is 24.2 Å². The first kappa shape index (κ1) is 28.1. The smallest absolute Gasteiger partial charge is 0.338 e. The third-order valence-electron chi connectivity index (χ3n) is 6.86. The van der Waals surface area contributed by atoms with Crippen molar-refractivity contribution in [2.45, 2.75) is 97.0 Å². The summed E-state index contributed by atoms with van der Waals surface area (Å²) in [6.07, 6.45) is 12.9. The zero-order chi connectivity index (χ0) is 24.8. The molecule has 5 heteroatoms. The number of ether oxygens (including phenoxy) is 2. The number of esters is 2. The van der Waals surface area contributed by atoms with Crippen LogP contribution in [0.15, 0.2) is 36.4 Å². The Balaban J connectivity index is 1.60. The molecule has 1 N–H and O–H groups in total. The Bertz CT molecular complexity index is 746. The summed E-state index contributed by atoms with van der Waals surface area (Å²) in [6.45, 7) is 7.68. The molecule has 0 bridgehead atoms. The fourth-order valence-corrected chi connectivity index (χ4v) is 4.55. The quantitative estimate of drug-likeness (QED) is 0.181. The van der Waals surface area contributed by atoms with Crippen LogP contribution in [0, 0.1) is 11.8 Å². The lowest BCUT2D eigenvalue weighted by Gasteiger charge is -2.28. The lowest BCUT2D eigenvalue weighted by atomic mass is 9.84. The summed E-state index contributed by atoms with van der Waals surface area (Å²) in [5, 5.41) is 9.51. The lowest BCUT2D eigenvalue weighted by Crippen LogP contribution is -2.24. The van der Waals surface area contributed by atoms with Gasteiger partial charge < -0.3 is 14.6 Å². The first-order valence-corrected chi connectivity index (χ1v) is 13.2. The second-order valence-electron chi connectivity index (χ2n) is 9.91. The van der Waals surface area contributed by atoms with Crippen molar-refractivity contribution in [3.05, 3.63) is 47.5 Å². The fourth-order valence-electron chi connectivity index (χ4n) is 4.55. The van der Waals surface area contributed by atoms with Crippen LogP contribution in [0.4, 0.5) is 0 Å². The molecule has 0 spiro atoms. The molecule has 1 atom stereocenters. The number of rotatable bonds is 15. The Labute approximate surface area is 205 Å². The van der Waals surface area contributed by atoms with Crippen molar-refractivity contribution in [2.24, 2.45) is 11.8 Å². The highest BCUT2D eigenvalue weighted by Crippen LogP contribution is 2.30. The number of aliphatic hydroxyl groups excluding tert-OH is 1. The van der Waals surface area contributed by atoms with E-state index in [1.54, 1.807) is 6.92 Å². The molecule has 5 nitrogen and oxygen atoms in total. The largest absolute Gasteiger partial charge is 0.462 e. The average Bonchev–Trinajstić information content (AvgIpc) is 2.84. The van der Waals surface area contributed by atoms with Gasteiger partial charge in [-0.1, -0.05) is 57.7 Å². The van der Waals surface area contributed by atoms with Gasteiger partial charge in [-0.25, -0.2) is 9.59 Å². The third kappa shape index (κ3) is 10.4. The number of carbonyl (C=O) groups excluding carboxylic acids is 2. The van der Waals surface area contributed by atoms with Crippen LogP contribution in [-0.2, 0) is 20.7 Å². The molecule has 1 aliphatic rings. The van der Waals surface area contributed by atoms with Gasteiger partial charge in [-0.2, -0.15) is 0 Å². The Kier molecular flexibility index (Phi) is 13.0. The molecule has 0 heterocycles. The van der Waals surface area contributed by atoms with Crippen LogP contribution in [-0.4, -0.2) is 36.4 Å². The van der Waals surface area contributed by atoms with Crippen molar-refractivity contribution in [2.75, 3.05) is 13.2 Å². The molecule has 1 aliphatic carbocycles. The number of benzene rings is 1. The molecule has 0 aromatic heterocycles. The van der Waals surface area contributed by atoms with E-state index < -0.39 is 5.97 Å². The highest BCUT2D eigenvalue weighted by molar-refractivity contribution is 5.89. The van der Waals surface area contributed by atoms with Crippen LogP contribution in [0.2, 0.25) is 0 Å². The standard InChI is InChI=1S/C29H44O5/c1-4-5-6-9-23-12-16-26(17-13-23)29(32)34-27-18-14-24(15-19-27)10-7-8-11-25(20-30)21-33-28(31)22(2)3/h12-13,16-17,24-25,27,30H,2,4-11,14-15,18-21H2,1,3H3. The van der Waals surface area contributed by atoms with Crippen LogP contribution < -0.4 is 0 Å². The van der Waals surface area contributed by atoms with Crippen molar-refractivity contribution in [1.82, 2.24) is 0 Å². The number of unbranched alkanes of at least 4 members (excludes halogenated alkanes) is 3. The first-order valence-electron chi connectivity index (χ1n) is 13.2. The van der Waals surface area contributed by atoms with E-state index in [0.717, 1.165) is 57.8 Å². The second-order valence-corrected chi connectivity index (χ2v) is 9.91. The van der Waals surface area contributed by atoms with Gasteiger partial charge in [0.05, 0.1) is 12.2 Å². The average molecular weight is 473 g/mol. The van der Waals surface area contributed by atoms with Crippen molar-refractivity contribution in [3.63, 3.8) is 0 Å². The molecule has 1 aromatic carbocycles. The van der Waals surface area contributed by atoms with Gasteiger partial charge in [-0.05, 0) is 75.5 Å². The van der Waals surface area contributed by atoms with Crippen LogP contribution in [0.1, 0.15) is 100 Å². The van der Waals surface area contributed by atoms with E-state index in [1.807, 2.05) is 12.1 Å². The van der Waals surface area contributed by atoms with Crippen LogP contribution in [0.25, 0.3) is 0 Å². The molecule has 34 heavy (non-hydrogen) atoms. The summed E-state index contributed by atoms with van der Waals surface area (Å²) in [5.41, 5.74) is 2.31. The molecule has 0 aliphatic heterocycles. The maximum absolute atomic E-state index is 12.5. The molecule has 2 rings (SSSR count). The maximum atomic E-state index is 12.5. The summed E-state index contributed by atoms with van der Waals surface area (Å²) in [7, 11) is 0. The predicted octanol–water partition coefficient (Wildman–Crippen LogP) is 6.42. The van der Waals surface area contributed by atoms with Crippen molar-refractivity contribution >= 4 is 11.9 Å². The highest BCUT2D eigenvalue weighted by atomic mass is 16.5. The SMILES string of the molecule is C=C(C)C(=O)OCC(CO)CCCCC1CCC(OC(=O)c2ccc(CCCCC)cc2)CC1. The van der Waals surface area contributed by atoms with E-state index >= 15 is 0 Å². The van der Waals surface area contributed by atoms with Crippen molar-refractivity contribution in [1.29, 1.82) is 0 Å². The number of carbonyl (C=O) groups is 2. The summed E-state index contributed by atoms with van der Waals surface area (Å²) in [5.74, 6) is 0.0660. The van der Waals surface area contributed by atoms with Gasteiger partial charge in [-0.15, -0.1) is 0 Å². The van der Waals surface area contributed by atoms with Gasteiger partial charge in [0.15, 0.2) is 0 Å². The van der Waals surface area contributed by atoms with E-state index in [-0.39, 0.29) is 31.2 Å². The molecular weight excluding hydrogens is 428 g/mol. The van der Waals surface area contributed by atoms with Crippen molar-refractivity contribution in [3.8, 4) is 0 Å². The lowest BCUT2D eigenvalue weighted by molar-refractivity contribution is -0.140. The number of aryl methyl sites for hydroxylation is 1. The highest BCUT2D eigenvalue weighted by Gasteiger charge is 2.24. The Morgan fingerprint density at radius 1 is 1.06 bits per heavy atom. The number of aliphatic hydroxyl groups is 1. The predicted molar refractivity (Wildman–Crippen MR) is 136 cm³/mol. The molecule has 190 valence electrons. The first-order chi connectivity index (χ1) is 16.4. The topological polar surface area (TPSA) is 72.8 Å². The molecular formula is C29H44O5. The van der Waals surface area contributed by atoms with Crippen LogP contribution in [0.3, 0.4) is 0 Å². The minimum absolute atomic E-state index is 0.0103. The molecule has 1 unspecified atom stereocenters. The summed E-state index contributed by atoms with van der Waals surface area (Å²) < 4.78 is 10.9. The van der Waals surface area contributed by atoms with Gasteiger partial charge in [0, 0.05) is 18.1 Å².